The minimum absolute atomic E-state index is 0.0821. The van der Waals surface area contributed by atoms with Gasteiger partial charge in [0.25, 0.3) is 0 Å². The molecule has 1 saturated heterocycles. The molecule has 2 aliphatic heterocycles. The lowest BCUT2D eigenvalue weighted by molar-refractivity contribution is -0.153. The standard InChI is InChI=1S/C24H38N6O5S/c1-3-16-13-17-6-4-8-20(21(17)28-14-16)36(34,35)29-18(7-5-10-27-24(25)26)22(31)30-11-9-15(2)12-19(30)23(32)33/h4,6,8,15-16,18-19,28-29H,3,5,7,9-14H2,1-2H3,(H,32,33)(H4,25,26,27)/t15-,16?,18+,19-/m1/s1. The van der Waals surface area contributed by atoms with E-state index in [1.165, 1.54) is 11.0 Å². The van der Waals surface area contributed by atoms with Crippen molar-refractivity contribution in [1.82, 2.24) is 9.62 Å². The normalized spacial score (nSPS) is 22.7. The molecule has 3 rings (SSSR count). The van der Waals surface area contributed by atoms with Crippen LogP contribution in [-0.4, -0.2) is 68.0 Å². The summed E-state index contributed by atoms with van der Waals surface area (Å²) in [5, 5.41) is 13.0. The Labute approximate surface area is 212 Å². The van der Waals surface area contributed by atoms with Gasteiger partial charge in [0, 0.05) is 19.6 Å². The third-order valence-electron chi connectivity index (χ3n) is 7.03. The number of para-hydroxylation sites is 1. The van der Waals surface area contributed by atoms with Gasteiger partial charge in [-0.15, -0.1) is 0 Å². The number of rotatable bonds is 10. The van der Waals surface area contributed by atoms with Gasteiger partial charge >= 0.3 is 5.97 Å². The molecule has 0 saturated carbocycles. The van der Waals surface area contributed by atoms with E-state index in [2.05, 4.69) is 22.0 Å². The van der Waals surface area contributed by atoms with E-state index in [4.69, 9.17) is 11.5 Å². The van der Waals surface area contributed by atoms with Gasteiger partial charge in [0.2, 0.25) is 15.9 Å². The minimum atomic E-state index is -4.10. The highest BCUT2D eigenvalue weighted by molar-refractivity contribution is 7.89. The molecule has 36 heavy (non-hydrogen) atoms. The fourth-order valence-electron chi connectivity index (χ4n) is 4.92. The van der Waals surface area contributed by atoms with Crippen molar-refractivity contribution in [3.05, 3.63) is 23.8 Å². The number of guanidine groups is 1. The maximum Gasteiger partial charge on any atom is 0.326 e. The summed E-state index contributed by atoms with van der Waals surface area (Å²) in [6.07, 6.45) is 3.18. The predicted molar refractivity (Wildman–Crippen MR) is 138 cm³/mol. The van der Waals surface area contributed by atoms with Crippen molar-refractivity contribution < 1.29 is 23.1 Å². The van der Waals surface area contributed by atoms with Crippen molar-refractivity contribution in [2.45, 2.75) is 69.4 Å². The molecule has 1 aromatic carbocycles. The van der Waals surface area contributed by atoms with E-state index in [-0.39, 0.29) is 36.3 Å². The van der Waals surface area contributed by atoms with Crippen molar-refractivity contribution in [2.24, 2.45) is 28.3 Å². The molecule has 1 unspecified atom stereocenters. The Morgan fingerprint density at radius 1 is 1.33 bits per heavy atom. The van der Waals surface area contributed by atoms with Gasteiger partial charge in [-0.2, -0.15) is 4.72 Å². The lowest BCUT2D eigenvalue weighted by Crippen LogP contribution is -2.56. The van der Waals surface area contributed by atoms with Gasteiger partial charge in [-0.1, -0.05) is 32.4 Å². The van der Waals surface area contributed by atoms with E-state index in [1.54, 1.807) is 6.07 Å². The smallest absolute Gasteiger partial charge is 0.326 e. The molecular formula is C24H38N6O5S. The van der Waals surface area contributed by atoms with Crippen molar-refractivity contribution >= 4 is 33.5 Å². The third kappa shape index (κ3) is 6.67. The predicted octanol–water partition coefficient (Wildman–Crippen LogP) is 1.09. The maximum absolute atomic E-state index is 13.6. The number of piperidine rings is 1. The van der Waals surface area contributed by atoms with Crippen LogP contribution in [0.15, 0.2) is 28.1 Å². The Morgan fingerprint density at radius 3 is 2.75 bits per heavy atom. The molecule has 7 N–H and O–H groups in total. The first-order chi connectivity index (χ1) is 17.0. The van der Waals surface area contributed by atoms with E-state index in [0.717, 1.165) is 18.4 Å². The van der Waals surface area contributed by atoms with Crippen LogP contribution in [0.3, 0.4) is 0 Å². The molecule has 0 radical (unpaired) electrons. The molecule has 1 fully saturated rings. The topological polar surface area (TPSA) is 180 Å². The summed E-state index contributed by atoms with van der Waals surface area (Å²) >= 11 is 0. The molecule has 200 valence electrons. The summed E-state index contributed by atoms with van der Waals surface area (Å²) < 4.78 is 29.7. The number of carbonyl (C=O) groups excluding carboxylic acids is 1. The van der Waals surface area contributed by atoms with Gasteiger partial charge < -0.3 is 26.8 Å². The molecule has 0 spiro atoms. The number of hydrogen-bond acceptors (Lipinski definition) is 6. The second-order valence-electron chi connectivity index (χ2n) is 9.79. The Balaban J connectivity index is 1.88. The maximum atomic E-state index is 13.6. The van der Waals surface area contributed by atoms with Gasteiger partial charge in [-0.05, 0) is 55.6 Å². The number of carboxylic acid groups (broad SMARTS) is 1. The van der Waals surface area contributed by atoms with E-state index >= 15 is 0 Å². The number of benzene rings is 1. The number of sulfonamides is 1. The van der Waals surface area contributed by atoms with Crippen LogP contribution in [0.4, 0.5) is 5.69 Å². The number of aliphatic imine (C=N–C) groups is 1. The molecule has 4 atom stereocenters. The number of aliphatic carboxylic acids is 1. The number of fused-ring (bicyclic) bond motifs is 1. The van der Waals surface area contributed by atoms with Crippen LogP contribution in [0, 0.1) is 11.8 Å². The Kier molecular flexibility index (Phi) is 9.18. The van der Waals surface area contributed by atoms with Crippen molar-refractivity contribution in [3.8, 4) is 0 Å². The third-order valence-corrected chi connectivity index (χ3v) is 8.54. The van der Waals surface area contributed by atoms with E-state index in [1.807, 2.05) is 13.0 Å². The lowest BCUT2D eigenvalue weighted by atomic mass is 9.91. The second-order valence-corrected chi connectivity index (χ2v) is 11.5. The highest BCUT2D eigenvalue weighted by Gasteiger charge is 2.39. The molecule has 0 bridgehead atoms. The summed E-state index contributed by atoms with van der Waals surface area (Å²) in [5.41, 5.74) is 12.2. The number of nitrogens with two attached hydrogens (primary N) is 2. The monoisotopic (exact) mass is 522 g/mol. The summed E-state index contributed by atoms with van der Waals surface area (Å²) in [5.74, 6) is -1.17. The van der Waals surface area contributed by atoms with Crippen LogP contribution in [0.2, 0.25) is 0 Å². The first kappa shape index (κ1) is 27.7. The quantitative estimate of drug-likeness (QED) is 0.172. The van der Waals surface area contributed by atoms with Crippen LogP contribution in [-0.2, 0) is 26.0 Å². The van der Waals surface area contributed by atoms with Crippen LogP contribution in [0.5, 0.6) is 0 Å². The molecule has 12 heteroatoms. The minimum Gasteiger partial charge on any atom is -0.480 e. The first-order valence-corrected chi connectivity index (χ1v) is 14.0. The fraction of sp³-hybridized carbons (Fsp3) is 0.625. The van der Waals surface area contributed by atoms with Gasteiger partial charge in [-0.3, -0.25) is 9.79 Å². The summed E-state index contributed by atoms with van der Waals surface area (Å²) in [7, 11) is -4.10. The molecular weight excluding hydrogens is 484 g/mol. The fourth-order valence-corrected chi connectivity index (χ4v) is 6.37. The Hall–Kier alpha value is -2.86. The average molecular weight is 523 g/mol. The van der Waals surface area contributed by atoms with Gasteiger partial charge in [-0.25, -0.2) is 13.2 Å². The number of carboxylic acids is 1. The largest absolute Gasteiger partial charge is 0.480 e. The van der Waals surface area contributed by atoms with Gasteiger partial charge in [0.1, 0.15) is 17.0 Å². The number of nitrogens with zero attached hydrogens (tertiary/aromatic N) is 2. The van der Waals surface area contributed by atoms with Crippen molar-refractivity contribution in [2.75, 3.05) is 25.0 Å². The van der Waals surface area contributed by atoms with Crippen molar-refractivity contribution in [1.29, 1.82) is 0 Å². The van der Waals surface area contributed by atoms with Crippen LogP contribution >= 0.6 is 0 Å². The van der Waals surface area contributed by atoms with E-state index in [0.29, 0.717) is 37.4 Å². The molecule has 0 aromatic heterocycles. The van der Waals surface area contributed by atoms with Crippen LogP contribution < -0.4 is 21.5 Å². The molecule has 0 aliphatic carbocycles. The zero-order chi connectivity index (χ0) is 26.5. The molecule has 1 amide bonds. The Morgan fingerprint density at radius 2 is 2.08 bits per heavy atom. The lowest BCUT2D eigenvalue weighted by Gasteiger charge is -2.38. The zero-order valence-electron chi connectivity index (χ0n) is 20.9. The zero-order valence-corrected chi connectivity index (χ0v) is 21.8. The van der Waals surface area contributed by atoms with Crippen LogP contribution in [0.1, 0.15) is 51.5 Å². The van der Waals surface area contributed by atoms with E-state index in [9.17, 15) is 23.1 Å². The molecule has 2 aliphatic rings. The number of hydrogen-bond donors (Lipinski definition) is 5. The number of amides is 1. The summed E-state index contributed by atoms with van der Waals surface area (Å²) in [6, 6.07) is 2.98. The van der Waals surface area contributed by atoms with Crippen molar-refractivity contribution in [3.63, 3.8) is 0 Å². The highest BCUT2D eigenvalue weighted by Crippen LogP contribution is 2.32. The summed E-state index contributed by atoms with van der Waals surface area (Å²) in [4.78, 5) is 30.8. The number of anilines is 1. The average Bonchev–Trinajstić information content (AvgIpc) is 2.84. The second kappa shape index (κ2) is 11.9. The molecule has 1 aromatic rings. The highest BCUT2D eigenvalue weighted by atomic mass is 32.2. The molecule has 11 nitrogen and oxygen atoms in total. The van der Waals surface area contributed by atoms with Crippen LogP contribution in [0.25, 0.3) is 0 Å². The van der Waals surface area contributed by atoms with Gasteiger partial charge in [0.15, 0.2) is 5.96 Å². The number of likely N-dealkylation sites (tertiary alicyclic amines) is 1. The molecule has 2 heterocycles. The van der Waals surface area contributed by atoms with Gasteiger partial charge in [0.05, 0.1) is 5.69 Å². The Bertz CT molecular complexity index is 1090. The van der Waals surface area contributed by atoms with E-state index < -0.39 is 34.0 Å². The number of carbonyl (C=O) groups is 2. The SMILES string of the molecule is CCC1CNc2c(cccc2S(=O)(=O)N[C@@H](CCCN=C(N)N)C(=O)N2CC[C@@H](C)C[C@@H]2C(=O)O)C1. The summed E-state index contributed by atoms with van der Waals surface area (Å²) in [6.45, 7) is 5.19. The first-order valence-electron chi connectivity index (χ1n) is 12.5. The number of nitrogens with one attached hydrogen (secondary N) is 2.